The summed E-state index contributed by atoms with van der Waals surface area (Å²) < 4.78 is 0. The van der Waals surface area contributed by atoms with Crippen LogP contribution in [0.3, 0.4) is 0 Å². The van der Waals surface area contributed by atoms with Crippen LogP contribution in [-0.4, -0.2) is 18.2 Å². The summed E-state index contributed by atoms with van der Waals surface area (Å²) in [7, 11) is -0.139. The highest BCUT2D eigenvalue weighted by atomic mass is 31.1. The molecule has 0 fully saturated rings. The van der Waals surface area contributed by atoms with Gasteiger partial charge in [-0.25, -0.2) is 0 Å². The van der Waals surface area contributed by atoms with Gasteiger partial charge in [0.1, 0.15) is 5.85 Å². The Labute approximate surface area is 62.8 Å². The van der Waals surface area contributed by atoms with E-state index >= 15 is 0 Å². The Hall–Kier alpha value is -0.170. The maximum Gasteiger partial charge on any atom is 0.155 e. The first-order chi connectivity index (χ1) is 4.76. The summed E-state index contributed by atoms with van der Waals surface area (Å²) in [5.41, 5.74) is 0. The van der Waals surface area contributed by atoms with Gasteiger partial charge in [-0.3, -0.25) is 0 Å². The molecule has 0 aromatic heterocycles. The minimum absolute atomic E-state index is 0.0301. The molecule has 0 saturated heterocycles. The smallest absolute Gasteiger partial charge is 0.155 e. The molecule has 0 aliphatic carbocycles. The Bertz CT molecular complexity index is 95.7. The molecule has 0 aromatic carbocycles. The lowest BCUT2D eigenvalue weighted by atomic mass is 10.9. The van der Waals surface area contributed by atoms with E-state index < -0.39 is 0 Å². The van der Waals surface area contributed by atoms with E-state index in [1.807, 2.05) is 6.92 Å². The monoisotopic (exact) mass is 163 g/mol. The third kappa shape index (κ3) is 3.11. The highest BCUT2D eigenvalue weighted by Crippen LogP contribution is 2.40. The molecule has 0 aliphatic rings. The molecule has 0 heterocycles. The van der Waals surface area contributed by atoms with Gasteiger partial charge in [0.05, 0.1) is 0 Å². The molecule has 0 aliphatic heterocycles. The SMILES string of the molecule is CCP(CC)C(C)ON=O. The van der Waals surface area contributed by atoms with Crippen molar-refractivity contribution in [3.8, 4) is 0 Å². The zero-order valence-electron chi connectivity index (χ0n) is 6.70. The van der Waals surface area contributed by atoms with Crippen molar-refractivity contribution in [1.29, 1.82) is 0 Å². The summed E-state index contributed by atoms with van der Waals surface area (Å²) >= 11 is 0. The van der Waals surface area contributed by atoms with E-state index in [1.165, 1.54) is 0 Å². The molecule has 1 atom stereocenters. The first kappa shape index (κ1) is 9.83. The van der Waals surface area contributed by atoms with Crippen LogP contribution in [0.4, 0.5) is 0 Å². The lowest BCUT2D eigenvalue weighted by Crippen LogP contribution is -2.04. The maximum absolute atomic E-state index is 9.69. The molecular formula is C6H14NO2P. The first-order valence-corrected chi connectivity index (χ1v) is 5.26. The summed E-state index contributed by atoms with van der Waals surface area (Å²) in [5.74, 6) is 0.0301. The fraction of sp³-hybridized carbons (Fsp3) is 1.00. The molecule has 0 radical (unpaired) electrons. The van der Waals surface area contributed by atoms with E-state index in [-0.39, 0.29) is 13.8 Å². The number of rotatable bonds is 5. The second-order valence-corrected chi connectivity index (χ2v) is 5.17. The van der Waals surface area contributed by atoms with Gasteiger partial charge in [-0.05, 0) is 19.2 Å². The van der Waals surface area contributed by atoms with Crippen molar-refractivity contribution in [3.63, 3.8) is 0 Å². The minimum Gasteiger partial charge on any atom is -0.357 e. The van der Waals surface area contributed by atoms with Crippen LogP contribution < -0.4 is 0 Å². The van der Waals surface area contributed by atoms with E-state index in [0.717, 1.165) is 12.3 Å². The summed E-state index contributed by atoms with van der Waals surface area (Å²) in [6.45, 7) is 6.12. The van der Waals surface area contributed by atoms with Gasteiger partial charge >= 0.3 is 0 Å². The minimum atomic E-state index is -0.139. The van der Waals surface area contributed by atoms with Gasteiger partial charge in [0.25, 0.3) is 0 Å². The molecule has 0 spiro atoms. The van der Waals surface area contributed by atoms with Crippen LogP contribution in [0.5, 0.6) is 0 Å². The number of hydrogen-bond acceptors (Lipinski definition) is 3. The molecule has 60 valence electrons. The molecule has 0 N–H and O–H groups in total. The van der Waals surface area contributed by atoms with Gasteiger partial charge in [0, 0.05) is 0 Å². The summed E-state index contributed by atoms with van der Waals surface area (Å²) in [6.07, 6.45) is 2.20. The standard InChI is InChI=1S/C6H14NO2P/c1-4-10(5-2)6(3)9-7-8/h6H,4-5H2,1-3H3. The van der Waals surface area contributed by atoms with Crippen LogP contribution in [0.15, 0.2) is 5.34 Å². The van der Waals surface area contributed by atoms with Crippen molar-refractivity contribution in [3.05, 3.63) is 4.91 Å². The molecule has 3 nitrogen and oxygen atoms in total. The lowest BCUT2D eigenvalue weighted by Gasteiger charge is -2.17. The van der Waals surface area contributed by atoms with Crippen molar-refractivity contribution in [1.82, 2.24) is 0 Å². The molecule has 1 unspecified atom stereocenters. The van der Waals surface area contributed by atoms with E-state index in [9.17, 15) is 4.91 Å². The van der Waals surface area contributed by atoms with Crippen molar-refractivity contribution in [2.24, 2.45) is 5.34 Å². The van der Waals surface area contributed by atoms with Crippen LogP contribution in [0.1, 0.15) is 20.8 Å². The van der Waals surface area contributed by atoms with Gasteiger partial charge in [0.15, 0.2) is 5.34 Å². The summed E-state index contributed by atoms with van der Waals surface area (Å²) in [4.78, 5) is 14.3. The first-order valence-electron chi connectivity index (χ1n) is 3.48. The van der Waals surface area contributed by atoms with E-state index in [2.05, 4.69) is 24.0 Å². The zero-order valence-corrected chi connectivity index (χ0v) is 7.60. The van der Waals surface area contributed by atoms with E-state index in [1.54, 1.807) is 0 Å². The third-order valence-electron chi connectivity index (χ3n) is 1.52. The average Bonchev–Trinajstić information content (AvgIpc) is 1.91. The predicted octanol–water partition coefficient (Wildman–Crippen LogP) is 2.55. The number of hydrogen-bond donors (Lipinski definition) is 0. The Kier molecular flexibility index (Phi) is 5.51. The highest BCUT2D eigenvalue weighted by Gasteiger charge is 2.13. The molecule has 0 rings (SSSR count). The normalized spacial score (nSPS) is 13.2. The van der Waals surface area contributed by atoms with E-state index in [4.69, 9.17) is 0 Å². The van der Waals surface area contributed by atoms with Crippen LogP contribution in [-0.2, 0) is 4.84 Å². The van der Waals surface area contributed by atoms with Crippen LogP contribution >= 0.6 is 7.92 Å². The van der Waals surface area contributed by atoms with Gasteiger partial charge in [-0.2, -0.15) is 0 Å². The average molecular weight is 163 g/mol. The molecule has 0 amide bonds. The molecule has 0 saturated carbocycles. The molecule has 0 bridgehead atoms. The van der Waals surface area contributed by atoms with Crippen molar-refractivity contribution < 1.29 is 4.84 Å². The van der Waals surface area contributed by atoms with Crippen molar-refractivity contribution in [2.45, 2.75) is 26.6 Å². The van der Waals surface area contributed by atoms with Gasteiger partial charge in [0.2, 0.25) is 0 Å². The van der Waals surface area contributed by atoms with Gasteiger partial charge < -0.3 is 4.84 Å². The van der Waals surface area contributed by atoms with E-state index in [0.29, 0.717) is 0 Å². The Morgan fingerprint density at radius 2 is 2.00 bits per heavy atom. The summed E-state index contributed by atoms with van der Waals surface area (Å²) in [6, 6.07) is 0. The quantitative estimate of drug-likeness (QED) is 0.355. The highest BCUT2D eigenvalue weighted by molar-refractivity contribution is 7.58. The van der Waals surface area contributed by atoms with Crippen LogP contribution in [0.25, 0.3) is 0 Å². The molecular weight excluding hydrogens is 149 g/mol. The topological polar surface area (TPSA) is 38.7 Å². The second kappa shape index (κ2) is 5.60. The second-order valence-electron chi connectivity index (χ2n) is 2.00. The van der Waals surface area contributed by atoms with Crippen molar-refractivity contribution in [2.75, 3.05) is 12.3 Å². The lowest BCUT2D eigenvalue weighted by molar-refractivity contribution is 0.125. The van der Waals surface area contributed by atoms with Gasteiger partial charge in [-0.1, -0.05) is 21.8 Å². The Morgan fingerprint density at radius 3 is 2.30 bits per heavy atom. The van der Waals surface area contributed by atoms with Crippen LogP contribution in [0, 0.1) is 4.91 Å². The van der Waals surface area contributed by atoms with Crippen LogP contribution in [0.2, 0.25) is 0 Å². The predicted molar refractivity (Wildman–Crippen MR) is 44.3 cm³/mol. The fourth-order valence-electron chi connectivity index (χ4n) is 0.867. The largest absolute Gasteiger partial charge is 0.357 e. The zero-order chi connectivity index (χ0) is 7.98. The summed E-state index contributed by atoms with van der Waals surface area (Å²) in [5, 5.41) is 2.42. The Balaban J connectivity index is 3.63. The maximum atomic E-state index is 9.69. The van der Waals surface area contributed by atoms with Gasteiger partial charge in [-0.15, -0.1) is 4.91 Å². The molecule has 0 aromatic rings. The third-order valence-corrected chi connectivity index (χ3v) is 4.27. The number of nitrogens with zero attached hydrogens (tertiary/aromatic N) is 1. The molecule has 10 heavy (non-hydrogen) atoms. The van der Waals surface area contributed by atoms with Crippen molar-refractivity contribution >= 4 is 7.92 Å². The Morgan fingerprint density at radius 1 is 1.50 bits per heavy atom. The molecule has 4 heteroatoms. The fourth-order valence-corrected chi connectivity index (χ4v) is 2.51.